The predicted octanol–water partition coefficient (Wildman–Crippen LogP) is 3.21. The van der Waals surface area contributed by atoms with E-state index in [0.29, 0.717) is 18.7 Å². The number of rotatable bonds is 5. The molecule has 2 aromatic rings. The number of hydrogen-bond donors (Lipinski definition) is 1. The molecule has 4 heteroatoms. The Labute approximate surface area is 149 Å². The van der Waals surface area contributed by atoms with Gasteiger partial charge in [0.05, 0.1) is 19.3 Å². The highest BCUT2D eigenvalue weighted by molar-refractivity contribution is 5.94. The van der Waals surface area contributed by atoms with Crippen LogP contribution in [0.15, 0.2) is 54.6 Å². The van der Waals surface area contributed by atoms with Crippen LogP contribution in [0.2, 0.25) is 0 Å². The molecule has 1 aliphatic heterocycles. The van der Waals surface area contributed by atoms with Crippen molar-refractivity contribution in [2.45, 2.75) is 31.9 Å². The Balaban J connectivity index is 1.88. The second-order valence-electron chi connectivity index (χ2n) is 6.39. The van der Waals surface area contributed by atoms with Crippen LogP contribution in [-0.4, -0.2) is 41.8 Å². The summed E-state index contributed by atoms with van der Waals surface area (Å²) in [5, 5.41) is 9.73. The molecule has 25 heavy (non-hydrogen) atoms. The smallest absolute Gasteiger partial charge is 0.254 e. The molecule has 1 aliphatic rings. The van der Waals surface area contributed by atoms with Gasteiger partial charge in [-0.25, -0.2) is 0 Å². The standard InChI is InChI=1S/C21H25NO3/c1-2-6-16-9-11-18(12-10-16)21(24)22-13-14-25-19(15-23)20(22)17-7-4-3-5-8-17/h3-5,7-12,19-20,23H,2,6,13-15H2,1H3/t19-,20-/m1/s1. The molecule has 0 aliphatic carbocycles. The lowest BCUT2D eigenvalue weighted by Gasteiger charge is -2.41. The lowest BCUT2D eigenvalue weighted by atomic mass is 9.97. The zero-order valence-electron chi connectivity index (χ0n) is 14.6. The topological polar surface area (TPSA) is 49.8 Å². The first-order chi connectivity index (χ1) is 12.2. The number of carbonyl (C=O) groups excluding carboxylic acids is 1. The Morgan fingerprint density at radius 2 is 1.88 bits per heavy atom. The van der Waals surface area contributed by atoms with Gasteiger partial charge in [0.25, 0.3) is 5.91 Å². The second kappa shape index (κ2) is 8.28. The number of ether oxygens (including phenoxy) is 1. The van der Waals surface area contributed by atoms with E-state index in [2.05, 4.69) is 6.92 Å². The Morgan fingerprint density at radius 3 is 2.52 bits per heavy atom. The first kappa shape index (κ1) is 17.6. The lowest BCUT2D eigenvalue weighted by molar-refractivity contribution is -0.0811. The van der Waals surface area contributed by atoms with Crippen molar-refractivity contribution >= 4 is 5.91 Å². The van der Waals surface area contributed by atoms with Crippen molar-refractivity contribution in [3.05, 3.63) is 71.3 Å². The molecule has 0 unspecified atom stereocenters. The molecule has 1 amide bonds. The third kappa shape index (κ3) is 3.91. The van der Waals surface area contributed by atoms with Gasteiger partial charge in [0.15, 0.2) is 0 Å². The van der Waals surface area contributed by atoms with Crippen LogP contribution in [-0.2, 0) is 11.2 Å². The highest BCUT2D eigenvalue weighted by Crippen LogP contribution is 2.30. The normalized spacial score (nSPS) is 20.5. The monoisotopic (exact) mass is 339 g/mol. The van der Waals surface area contributed by atoms with E-state index in [1.165, 1.54) is 5.56 Å². The van der Waals surface area contributed by atoms with Crippen LogP contribution < -0.4 is 0 Å². The van der Waals surface area contributed by atoms with Crippen LogP contribution in [0.4, 0.5) is 0 Å². The number of aryl methyl sites for hydroxylation is 1. The van der Waals surface area contributed by atoms with E-state index in [1.54, 1.807) is 0 Å². The van der Waals surface area contributed by atoms with Gasteiger partial charge < -0.3 is 14.7 Å². The van der Waals surface area contributed by atoms with Gasteiger partial charge in [0, 0.05) is 12.1 Å². The van der Waals surface area contributed by atoms with E-state index in [-0.39, 0.29) is 18.6 Å². The summed E-state index contributed by atoms with van der Waals surface area (Å²) in [6.45, 7) is 2.99. The average molecular weight is 339 g/mol. The van der Waals surface area contributed by atoms with E-state index in [9.17, 15) is 9.90 Å². The maximum Gasteiger partial charge on any atom is 0.254 e. The molecule has 3 rings (SSSR count). The Hall–Kier alpha value is -2.17. The first-order valence-electron chi connectivity index (χ1n) is 8.92. The van der Waals surface area contributed by atoms with Crippen LogP contribution >= 0.6 is 0 Å². The number of aliphatic hydroxyl groups excluding tert-OH is 1. The lowest BCUT2D eigenvalue weighted by Crippen LogP contribution is -2.49. The minimum atomic E-state index is -0.403. The van der Waals surface area contributed by atoms with Crippen molar-refractivity contribution in [3.8, 4) is 0 Å². The molecular weight excluding hydrogens is 314 g/mol. The van der Waals surface area contributed by atoms with E-state index < -0.39 is 6.10 Å². The quantitative estimate of drug-likeness (QED) is 0.910. The second-order valence-corrected chi connectivity index (χ2v) is 6.39. The molecule has 0 spiro atoms. The van der Waals surface area contributed by atoms with Crippen LogP contribution in [0.3, 0.4) is 0 Å². The number of nitrogens with zero attached hydrogens (tertiary/aromatic N) is 1. The molecule has 1 saturated heterocycles. The summed E-state index contributed by atoms with van der Waals surface area (Å²) in [6, 6.07) is 17.4. The van der Waals surface area contributed by atoms with E-state index in [0.717, 1.165) is 18.4 Å². The molecule has 1 heterocycles. The number of morpholine rings is 1. The molecule has 132 valence electrons. The summed E-state index contributed by atoms with van der Waals surface area (Å²) in [7, 11) is 0. The molecule has 1 N–H and O–H groups in total. The van der Waals surface area contributed by atoms with Gasteiger partial charge in [0.2, 0.25) is 0 Å². The molecular formula is C21H25NO3. The van der Waals surface area contributed by atoms with Gasteiger partial charge in [-0.15, -0.1) is 0 Å². The van der Waals surface area contributed by atoms with Crippen LogP contribution in [0.1, 0.15) is 40.9 Å². The summed E-state index contributed by atoms with van der Waals surface area (Å²) >= 11 is 0. The average Bonchev–Trinajstić information content (AvgIpc) is 2.68. The zero-order valence-corrected chi connectivity index (χ0v) is 14.6. The van der Waals surface area contributed by atoms with Gasteiger partial charge in [-0.05, 0) is 29.7 Å². The summed E-state index contributed by atoms with van der Waals surface area (Å²) in [5.41, 5.74) is 2.91. The summed E-state index contributed by atoms with van der Waals surface area (Å²) in [5.74, 6) is -0.0151. The highest BCUT2D eigenvalue weighted by Gasteiger charge is 2.36. The van der Waals surface area contributed by atoms with Gasteiger partial charge in [-0.1, -0.05) is 55.8 Å². The number of hydrogen-bond acceptors (Lipinski definition) is 3. The fourth-order valence-corrected chi connectivity index (χ4v) is 3.43. The van der Waals surface area contributed by atoms with Crippen molar-refractivity contribution in [2.24, 2.45) is 0 Å². The van der Waals surface area contributed by atoms with Crippen molar-refractivity contribution in [2.75, 3.05) is 19.8 Å². The molecule has 4 nitrogen and oxygen atoms in total. The van der Waals surface area contributed by atoms with E-state index in [4.69, 9.17) is 4.74 Å². The number of aliphatic hydroxyl groups is 1. The van der Waals surface area contributed by atoms with E-state index >= 15 is 0 Å². The molecule has 2 atom stereocenters. The number of benzene rings is 2. The third-order valence-electron chi connectivity index (χ3n) is 4.67. The van der Waals surface area contributed by atoms with Crippen molar-refractivity contribution < 1.29 is 14.6 Å². The SMILES string of the molecule is CCCc1ccc(C(=O)N2CCO[C@H](CO)[C@H]2c2ccccc2)cc1. The number of amides is 1. The first-order valence-corrected chi connectivity index (χ1v) is 8.92. The van der Waals surface area contributed by atoms with E-state index in [1.807, 2.05) is 59.5 Å². The van der Waals surface area contributed by atoms with Crippen LogP contribution in [0.25, 0.3) is 0 Å². The van der Waals surface area contributed by atoms with Crippen LogP contribution in [0, 0.1) is 0 Å². The molecule has 1 fully saturated rings. The molecule has 0 bridgehead atoms. The van der Waals surface area contributed by atoms with Crippen molar-refractivity contribution in [1.82, 2.24) is 4.90 Å². The Kier molecular flexibility index (Phi) is 5.84. The predicted molar refractivity (Wildman–Crippen MR) is 97.5 cm³/mol. The fraction of sp³-hybridized carbons (Fsp3) is 0.381. The Bertz CT molecular complexity index is 684. The molecule has 2 aromatic carbocycles. The van der Waals surface area contributed by atoms with Crippen molar-refractivity contribution in [1.29, 1.82) is 0 Å². The minimum Gasteiger partial charge on any atom is -0.394 e. The highest BCUT2D eigenvalue weighted by atomic mass is 16.5. The fourth-order valence-electron chi connectivity index (χ4n) is 3.43. The Morgan fingerprint density at radius 1 is 1.16 bits per heavy atom. The summed E-state index contributed by atoms with van der Waals surface area (Å²) in [4.78, 5) is 14.9. The van der Waals surface area contributed by atoms with Crippen LogP contribution in [0.5, 0.6) is 0 Å². The largest absolute Gasteiger partial charge is 0.394 e. The van der Waals surface area contributed by atoms with Crippen molar-refractivity contribution in [3.63, 3.8) is 0 Å². The van der Waals surface area contributed by atoms with Gasteiger partial charge in [-0.3, -0.25) is 4.79 Å². The molecule has 0 aromatic heterocycles. The minimum absolute atomic E-state index is 0.0151. The maximum atomic E-state index is 13.1. The summed E-state index contributed by atoms with van der Waals surface area (Å²) in [6.07, 6.45) is 1.70. The third-order valence-corrected chi connectivity index (χ3v) is 4.67. The zero-order chi connectivity index (χ0) is 17.6. The molecule has 0 radical (unpaired) electrons. The maximum absolute atomic E-state index is 13.1. The molecule has 0 saturated carbocycles. The number of carbonyl (C=O) groups is 1. The van der Waals surface area contributed by atoms with Gasteiger partial charge in [0.1, 0.15) is 6.10 Å². The summed E-state index contributed by atoms with van der Waals surface area (Å²) < 4.78 is 5.72. The van der Waals surface area contributed by atoms with Gasteiger partial charge in [-0.2, -0.15) is 0 Å². The van der Waals surface area contributed by atoms with Gasteiger partial charge >= 0.3 is 0 Å².